The van der Waals surface area contributed by atoms with E-state index in [1.165, 1.54) is 51.4 Å². The fraction of sp³-hybridized carbons (Fsp3) is 0.846. The van der Waals surface area contributed by atoms with Crippen molar-refractivity contribution in [2.75, 3.05) is 11.9 Å². The molecule has 100 valence electrons. The minimum Gasteiger partial charge on any atom is -0.341 e. The van der Waals surface area contributed by atoms with Crippen LogP contribution in [0, 0.1) is 4.77 Å². The number of rotatable bonds is 3. The van der Waals surface area contributed by atoms with Crippen LogP contribution in [0.2, 0.25) is 0 Å². The van der Waals surface area contributed by atoms with Crippen LogP contribution in [-0.2, 0) is 0 Å². The molecule has 1 N–H and O–H groups in total. The van der Waals surface area contributed by atoms with Gasteiger partial charge in [-0.25, -0.2) is 5.10 Å². The van der Waals surface area contributed by atoms with Crippen LogP contribution in [-0.4, -0.2) is 27.9 Å². The number of H-pyrrole nitrogens is 1. The van der Waals surface area contributed by atoms with E-state index < -0.39 is 0 Å². The Morgan fingerprint density at radius 3 is 2.50 bits per heavy atom. The SMILES string of the molecule is CN(c1n[nH]c(=S)n1C1CCCCC1)C1CCC1. The Morgan fingerprint density at radius 2 is 1.89 bits per heavy atom. The third-order valence-electron chi connectivity index (χ3n) is 4.56. The maximum atomic E-state index is 5.43. The van der Waals surface area contributed by atoms with Gasteiger partial charge in [0.2, 0.25) is 5.95 Å². The Kier molecular flexibility index (Phi) is 3.41. The summed E-state index contributed by atoms with van der Waals surface area (Å²) in [6, 6.07) is 1.22. The zero-order chi connectivity index (χ0) is 12.5. The number of nitrogens with zero attached hydrogens (tertiary/aromatic N) is 3. The normalized spacial score (nSPS) is 21.8. The molecule has 0 bridgehead atoms. The summed E-state index contributed by atoms with van der Waals surface area (Å²) < 4.78 is 3.07. The summed E-state index contributed by atoms with van der Waals surface area (Å²) in [5.41, 5.74) is 0. The molecule has 0 unspecified atom stereocenters. The second kappa shape index (κ2) is 5.03. The molecule has 1 aromatic heterocycles. The van der Waals surface area contributed by atoms with E-state index in [1.807, 2.05) is 0 Å². The van der Waals surface area contributed by atoms with Crippen molar-refractivity contribution in [1.82, 2.24) is 14.8 Å². The van der Waals surface area contributed by atoms with Crippen molar-refractivity contribution < 1.29 is 0 Å². The molecular weight excluding hydrogens is 244 g/mol. The highest BCUT2D eigenvalue weighted by atomic mass is 32.1. The summed E-state index contributed by atoms with van der Waals surface area (Å²) >= 11 is 5.43. The molecule has 3 rings (SSSR count). The molecule has 0 saturated heterocycles. The quantitative estimate of drug-likeness (QED) is 0.852. The Balaban J connectivity index is 1.87. The number of hydrogen-bond donors (Lipinski definition) is 1. The van der Waals surface area contributed by atoms with Gasteiger partial charge >= 0.3 is 0 Å². The van der Waals surface area contributed by atoms with Gasteiger partial charge in [-0.1, -0.05) is 19.3 Å². The standard InChI is InChI=1S/C13H22N4S/c1-16(10-8-5-9-10)12-14-15-13(18)17(12)11-6-3-2-4-7-11/h10-11H,2-9H2,1H3,(H,15,18). The average molecular weight is 266 g/mol. The van der Waals surface area contributed by atoms with Gasteiger partial charge in [-0.2, -0.15) is 0 Å². The molecular formula is C13H22N4S. The van der Waals surface area contributed by atoms with E-state index in [4.69, 9.17) is 12.2 Å². The first kappa shape index (κ1) is 12.2. The number of hydrogen-bond acceptors (Lipinski definition) is 3. The van der Waals surface area contributed by atoms with Crippen molar-refractivity contribution in [2.24, 2.45) is 0 Å². The van der Waals surface area contributed by atoms with Crippen molar-refractivity contribution in [3.63, 3.8) is 0 Å². The van der Waals surface area contributed by atoms with E-state index in [0.29, 0.717) is 12.1 Å². The van der Waals surface area contributed by atoms with Gasteiger partial charge in [-0.05, 0) is 44.3 Å². The average Bonchev–Trinajstić information content (AvgIpc) is 2.70. The van der Waals surface area contributed by atoms with E-state index >= 15 is 0 Å². The Morgan fingerprint density at radius 1 is 1.17 bits per heavy atom. The van der Waals surface area contributed by atoms with Gasteiger partial charge in [0.05, 0.1) is 0 Å². The highest BCUT2D eigenvalue weighted by molar-refractivity contribution is 7.71. The van der Waals surface area contributed by atoms with Crippen LogP contribution in [0.4, 0.5) is 5.95 Å². The molecule has 2 aliphatic rings. The van der Waals surface area contributed by atoms with Gasteiger partial charge in [0, 0.05) is 19.1 Å². The maximum Gasteiger partial charge on any atom is 0.225 e. The first-order valence-electron chi connectivity index (χ1n) is 7.17. The van der Waals surface area contributed by atoms with Gasteiger partial charge < -0.3 is 4.90 Å². The lowest BCUT2D eigenvalue weighted by Gasteiger charge is -2.36. The minimum atomic E-state index is 0.558. The topological polar surface area (TPSA) is 36.9 Å². The third kappa shape index (κ3) is 2.09. The number of aromatic amines is 1. The summed E-state index contributed by atoms with van der Waals surface area (Å²) in [5.74, 6) is 1.05. The molecule has 0 spiro atoms. The van der Waals surface area contributed by atoms with Crippen LogP contribution in [0.5, 0.6) is 0 Å². The number of anilines is 1. The first-order chi connectivity index (χ1) is 8.77. The van der Waals surface area contributed by atoms with E-state index in [0.717, 1.165) is 10.7 Å². The summed E-state index contributed by atoms with van der Waals surface area (Å²) in [4.78, 5) is 2.32. The summed E-state index contributed by atoms with van der Waals surface area (Å²) in [5, 5.41) is 7.46. The summed E-state index contributed by atoms with van der Waals surface area (Å²) in [7, 11) is 2.16. The molecule has 2 fully saturated rings. The lowest BCUT2D eigenvalue weighted by molar-refractivity contribution is 0.341. The zero-order valence-electron chi connectivity index (χ0n) is 11.1. The fourth-order valence-electron chi connectivity index (χ4n) is 3.15. The maximum absolute atomic E-state index is 5.43. The van der Waals surface area contributed by atoms with Crippen LogP contribution in [0.25, 0.3) is 0 Å². The predicted molar refractivity (Wildman–Crippen MR) is 75.6 cm³/mol. The lowest BCUT2D eigenvalue weighted by Crippen LogP contribution is -2.39. The van der Waals surface area contributed by atoms with E-state index in [1.54, 1.807) is 0 Å². The molecule has 0 radical (unpaired) electrons. The second-order valence-electron chi connectivity index (χ2n) is 5.69. The summed E-state index contributed by atoms with van der Waals surface area (Å²) in [6.45, 7) is 0. The van der Waals surface area contributed by atoms with E-state index in [9.17, 15) is 0 Å². The van der Waals surface area contributed by atoms with Crippen LogP contribution in [0.3, 0.4) is 0 Å². The largest absolute Gasteiger partial charge is 0.341 e. The Labute approximate surface area is 113 Å². The Bertz CT molecular complexity index is 454. The van der Waals surface area contributed by atoms with Gasteiger partial charge in [0.15, 0.2) is 4.77 Å². The van der Waals surface area contributed by atoms with Crippen LogP contribution in [0.15, 0.2) is 0 Å². The van der Waals surface area contributed by atoms with Crippen molar-refractivity contribution >= 4 is 18.2 Å². The molecule has 2 aliphatic carbocycles. The van der Waals surface area contributed by atoms with Crippen molar-refractivity contribution in [3.05, 3.63) is 4.77 Å². The molecule has 0 amide bonds. The molecule has 2 saturated carbocycles. The van der Waals surface area contributed by atoms with Gasteiger partial charge in [0.1, 0.15) is 0 Å². The minimum absolute atomic E-state index is 0.558. The molecule has 1 aromatic rings. The zero-order valence-corrected chi connectivity index (χ0v) is 11.9. The van der Waals surface area contributed by atoms with Crippen LogP contribution < -0.4 is 4.90 Å². The number of nitrogens with one attached hydrogen (secondary N) is 1. The Hall–Kier alpha value is -0.840. The molecule has 0 aromatic carbocycles. The predicted octanol–water partition coefficient (Wildman–Crippen LogP) is 3.43. The van der Waals surface area contributed by atoms with Gasteiger partial charge in [0.25, 0.3) is 0 Å². The van der Waals surface area contributed by atoms with Crippen molar-refractivity contribution in [2.45, 2.75) is 63.5 Å². The molecule has 0 atom stereocenters. The van der Waals surface area contributed by atoms with Gasteiger partial charge in [-0.3, -0.25) is 4.57 Å². The van der Waals surface area contributed by atoms with Crippen LogP contribution >= 0.6 is 12.2 Å². The molecule has 4 nitrogen and oxygen atoms in total. The summed E-state index contributed by atoms with van der Waals surface area (Å²) in [6.07, 6.45) is 10.5. The monoisotopic (exact) mass is 266 g/mol. The molecule has 0 aliphatic heterocycles. The molecule has 1 heterocycles. The van der Waals surface area contributed by atoms with E-state index in [-0.39, 0.29) is 0 Å². The highest BCUT2D eigenvalue weighted by Crippen LogP contribution is 2.33. The first-order valence-corrected chi connectivity index (χ1v) is 7.58. The second-order valence-corrected chi connectivity index (χ2v) is 6.07. The third-order valence-corrected chi connectivity index (χ3v) is 4.85. The van der Waals surface area contributed by atoms with E-state index in [2.05, 4.69) is 26.7 Å². The molecule has 5 heteroatoms. The van der Waals surface area contributed by atoms with Crippen molar-refractivity contribution in [3.8, 4) is 0 Å². The van der Waals surface area contributed by atoms with Crippen molar-refractivity contribution in [1.29, 1.82) is 0 Å². The number of aromatic nitrogens is 3. The molecule has 18 heavy (non-hydrogen) atoms. The van der Waals surface area contributed by atoms with Crippen LogP contribution in [0.1, 0.15) is 57.4 Å². The smallest absolute Gasteiger partial charge is 0.225 e. The lowest BCUT2D eigenvalue weighted by atomic mass is 9.92. The fourth-order valence-corrected chi connectivity index (χ4v) is 3.43. The highest BCUT2D eigenvalue weighted by Gasteiger charge is 2.28. The van der Waals surface area contributed by atoms with Gasteiger partial charge in [-0.15, -0.1) is 5.10 Å².